The second kappa shape index (κ2) is 7.40. The van der Waals surface area contributed by atoms with E-state index in [9.17, 15) is 4.79 Å². The summed E-state index contributed by atoms with van der Waals surface area (Å²) in [7, 11) is 0. The monoisotopic (exact) mass is 345 g/mol. The van der Waals surface area contributed by atoms with E-state index < -0.39 is 0 Å². The number of ether oxygens (including phenoxy) is 1. The topological polar surface area (TPSA) is 47.4 Å². The average Bonchev–Trinajstić information content (AvgIpc) is 3.05. The van der Waals surface area contributed by atoms with E-state index in [0.717, 1.165) is 10.8 Å². The number of thioether (sulfide) groups is 1. The first-order chi connectivity index (χ1) is 11.6. The summed E-state index contributed by atoms with van der Waals surface area (Å²) in [6.45, 7) is 8.76. The molecule has 1 aliphatic heterocycles. The normalized spacial score (nSPS) is 16.2. The summed E-state index contributed by atoms with van der Waals surface area (Å²) in [4.78, 5) is 18.9. The number of morpholine rings is 1. The molecule has 1 aliphatic rings. The molecule has 1 atom stereocenters. The number of rotatable bonds is 4. The Labute approximate surface area is 147 Å². The van der Waals surface area contributed by atoms with E-state index in [0.29, 0.717) is 26.3 Å². The molecule has 128 valence electrons. The summed E-state index contributed by atoms with van der Waals surface area (Å²) >= 11 is 1.50. The van der Waals surface area contributed by atoms with E-state index in [4.69, 9.17) is 4.74 Å². The van der Waals surface area contributed by atoms with Crippen LogP contribution >= 0.6 is 11.8 Å². The molecule has 0 aliphatic carbocycles. The van der Waals surface area contributed by atoms with Gasteiger partial charge >= 0.3 is 0 Å². The third-order valence-corrected chi connectivity index (χ3v) is 5.40. The number of carbonyl (C=O) groups excluding carboxylic acids is 1. The number of aromatic nitrogens is 2. The van der Waals surface area contributed by atoms with Crippen LogP contribution in [0.5, 0.6) is 0 Å². The van der Waals surface area contributed by atoms with Crippen LogP contribution in [0.25, 0.3) is 5.69 Å². The maximum Gasteiger partial charge on any atom is 0.236 e. The van der Waals surface area contributed by atoms with Crippen molar-refractivity contribution < 1.29 is 9.53 Å². The van der Waals surface area contributed by atoms with Gasteiger partial charge in [-0.05, 0) is 44.0 Å². The van der Waals surface area contributed by atoms with Crippen LogP contribution in [0.4, 0.5) is 0 Å². The van der Waals surface area contributed by atoms with Crippen LogP contribution in [0, 0.1) is 13.8 Å². The number of hydrogen-bond donors (Lipinski definition) is 0. The zero-order valence-electron chi connectivity index (χ0n) is 14.4. The Hall–Kier alpha value is -1.79. The molecule has 1 amide bonds. The number of aryl methyl sites for hydroxylation is 2. The van der Waals surface area contributed by atoms with Crippen molar-refractivity contribution in [3.05, 3.63) is 41.7 Å². The van der Waals surface area contributed by atoms with Gasteiger partial charge < -0.3 is 9.64 Å². The highest BCUT2D eigenvalue weighted by molar-refractivity contribution is 8.00. The zero-order valence-corrected chi connectivity index (χ0v) is 15.2. The maximum atomic E-state index is 12.6. The highest BCUT2D eigenvalue weighted by Crippen LogP contribution is 2.26. The van der Waals surface area contributed by atoms with Crippen molar-refractivity contribution in [1.29, 1.82) is 0 Å². The maximum absolute atomic E-state index is 12.6. The van der Waals surface area contributed by atoms with Crippen LogP contribution in [0.2, 0.25) is 0 Å². The quantitative estimate of drug-likeness (QED) is 0.800. The molecule has 2 aromatic rings. The number of benzene rings is 1. The van der Waals surface area contributed by atoms with Crippen LogP contribution in [0.1, 0.15) is 18.1 Å². The lowest BCUT2D eigenvalue weighted by Crippen LogP contribution is -2.44. The molecule has 0 radical (unpaired) electrons. The number of amides is 1. The Balaban J connectivity index is 1.75. The molecule has 1 aromatic heterocycles. The van der Waals surface area contributed by atoms with Crippen molar-refractivity contribution in [2.24, 2.45) is 0 Å². The molecule has 6 heteroatoms. The highest BCUT2D eigenvalue weighted by Gasteiger charge is 2.24. The number of carbonyl (C=O) groups is 1. The second-order valence-corrected chi connectivity index (χ2v) is 7.35. The second-order valence-electron chi connectivity index (χ2n) is 6.05. The van der Waals surface area contributed by atoms with E-state index in [2.05, 4.69) is 37.0 Å². The highest BCUT2D eigenvalue weighted by atomic mass is 32.2. The smallest absolute Gasteiger partial charge is 0.236 e. The Morgan fingerprint density at radius 1 is 1.25 bits per heavy atom. The van der Waals surface area contributed by atoms with E-state index in [-0.39, 0.29) is 11.2 Å². The van der Waals surface area contributed by atoms with Crippen molar-refractivity contribution in [3.63, 3.8) is 0 Å². The first-order valence-electron chi connectivity index (χ1n) is 8.20. The first kappa shape index (κ1) is 17.0. The van der Waals surface area contributed by atoms with Crippen molar-refractivity contribution in [1.82, 2.24) is 14.5 Å². The van der Waals surface area contributed by atoms with Crippen LogP contribution in [0.3, 0.4) is 0 Å². The summed E-state index contributed by atoms with van der Waals surface area (Å²) in [5.41, 5.74) is 3.59. The Bertz CT molecular complexity index is 723. The Kier molecular flexibility index (Phi) is 5.26. The molecule has 2 heterocycles. The lowest BCUT2D eigenvalue weighted by molar-refractivity contribution is -0.134. The minimum atomic E-state index is -0.171. The Morgan fingerprint density at radius 2 is 2.00 bits per heavy atom. The molecular formula is C18H23N3O2S. The van der Waals surface area contributed by atoms with Gasteiger partial charge in [0.25, 0.3) is 0 Å². The lowest BCUT2D eigenvalue weighted by Gasteiger charge is -2.29. The summed E-state index contributed by atoms with van der Waals surface area (Å²) in [5, 5.41) is 0.670. The van der Waals surface area contributed by atoms with Gasteiger partial charge in [-0.2, -0.15) is 0 Å². The molecule has 0 N–H and O–H groups in total. The number of nitrogens with zero attached hydrogens (tertiary/aromatic N) is 3. The van der Waals surface area contributed by atoms with Crippen LogP contribution in [-0.4, -0.2) is 51.9 Å². The van der Waals surface area contributed by atoms with Crippen molar-refractivity contribution >= 4 is 17.7 Å². The van der Waals surface area contributed by atoms with E-state index in [1.165, 1.54) is 22.9 Å². The SMILES string of the molecule is Cc1ccc(-n2ccnc2S[C@@H](C)C(=O)N2CCOCC2)cc1C. The molecule has 1 aromatic carbocycles. The minimum absolute atomic E-state index is 0.151. The number of hydrogen-bond acceptors (Lipinski definition) is 4. The van der Waals surface area contributed by atoms with Gasteiger partial charge in [0.15, 0.2) is 5.16 Å². The summed E-state index contributed by atoms with van der Waals surface area (Å²) in [6, 6.07) is 6.35. The van der Waals surface area contributed by atoms with E-state index in [1.54, 1.807) is 6.20 Å². The fourth-order valence-electron chi connectivity index (χ4n) is 2.70. The van der Waals surface area contributed by atoms with Crippen molar-refractivity contribution in [2.45, 2.75) is 31.2 Å². The predicted octanol–water partition coefficient (Wildman–Crippen LogP) is 2.83. The lowest BCUT2D eigenvalue weighted by atomic mass is 10.1. The third kappa shape index (κ3) is 3.65. The molecule has 1 fully saturated rings. The van der Waals surface area contributed by atoms with Gasteiger partial charge in [0.1, 0.15) is 0 Å². The Morgan fingerprint density at radius 3 is 2.71 bits per heavy atom. The minimum Gasteiger partial charge on any atom is -0.378 e. The summed E-state index contributed by atoms with van der Waals surface area (Å²) in [5.74, 6) is 0.151. The molecule has 0 unspecified atom stereocenters. The number of imidazole rings is 1. The first-order valence-corrected chi connectivity index (χ1v) is 9.08. The molecule has 3 rings (SSSR count). The van der Waals surface area contributed by atoms with Gasteiger partial charge in [-0.1, -0.05) is 17.8 Å². The van der Waals surface area contributed by atoms with Crippen LogP contribution < -0.4 is 0 Å². The van der Waals surface area contributed by atoms with Crippen LogP contribution in [0.15, 0.2) is 35.7 Å². The van der Waals surface area contributed by atoms with Gasteiger partial charge in [-0.25, -0.2) is 4.98 Å². The zero-order chi connectivity index (χ0) is 17.1. The predicted molar refractivity (Wildman–Crippen MR) is 95.8 cm³/mol. The fraction of sp³-hybridized carbons (Fsp3) is 0.444. The largest absolute Gasteiger partial charge is 0.378 e. The fourth-order valence-corrected chi connectivity index (χ4v) is 3.67. The molecule has 1 saturated heterocycles. The summed E-state index contributed by atoms with van der Waals surface area (Å²) < 4.78 is 7.36. The molecule has 0 bridgehead atoms. The van der Waals surface area contributed by atoms with Crippen molar-refractivity contribution in [2.75, 3.05) is 26.3 Å². The van der Waals surface area contributed by atoms with Gasteiger partial charge in [0.2, 0.25) is 5.91 Å². The van der Waals surface area contributed by atoms with Gasteiger partial charge in [-0.3, -0.25) is 9.36 Å². The van der Waals surface area contributed by atoms with Crippen molar-refractivity contribution in [3.8, 4) is 5.69 Å². The average molecular weight is 345 g/mol. The van der Waals surface area contributed by atoms with Gasteiger partial charge in [0, 0.05) is 31.2 Å². The van der Waals surface area contributed by atoms with Gasteiger partial charge in [0.05, 0.1) is 18.5 Å². The van der Waals surface area contributed by atoms with E-state index >= 15 is 0 Å². The van der Waals surface area contributed by atoms with Gasteiger partial charge in [-0.15, -0.1) is 0 Å². The van der Waals surface area contributed by atoms with Crippen LogP contribution in [-0.2, 0) is 9.53 Å². The molecule has 5 nitrogen and oxygen atoms in total. The molecule has 0 saturated carbocycles. The molecular weight excluding hydrogens is 322 g/mol. The summed E-state index contributed by atoms with van der Waals surface area (Å²) in [6.07, 6.45) is 3.72. The standard InChI is InChI=1S/C18H23N3O2S/c1-13-4-5-16(12-14(13)2)21-7-6-19-18(21)24-15(3)17(22)20-8-10-23-11-9-20/h4-7,12,15H,8-11H2,1-3H3/t15-/m0/s1. The van der Waals surface area contributed by atoms with E-state index in [1.807, 2.05) is 22.6 Å². The third-order valence-electron chi connectivity index (χ3n) is 4.33. The molecule has 0 spiro atoms. The molecule has 24 heavy (non-hydrogen) atoms.